The van der Waals surface area contributed by atoms with Gasteiger partial charge in [0.15, 0.2) is 0 Å². The maximum absolute atomic E-state index is 10.9. The summed E-state index contributed by atoms with van der Waals surface area (Å²) in [5, 5.41) is 8.97. The summed E-state index contributed by atoms with van der Waals surface area (Å²) in [4.78, 5) is 15.5. The predicted octanol–water partition coefficient (Wildman–Crippen LogP) is 0.733. The van der Waals surface area contributed by atoms with Crippen LogP contribution in [0.1, 0.15) is 20.3 Å². The fraction of sp³-hybridized carbons (Fsp3) is 0.909. The first kappa shape index (κ1) is 12.5. The number of likely N-dealkylation sites (N-methyl/N-ethyl adjacent to an activating group) is 1. The van der Waals surface area contributed by atoms with Crippen molar-refractivity contribution < 1.29 is 9.90 Å². The van der Waals surface area contributed by atoms with Crippen molar-refractivity contribution >= 4 is 5.97 Å². The highest BCUT2D eigenvalue weighted by molar-refractivity contribution is 5.70. The molecule has 0 aromatic rings. The summed E-state index contributed by atoms with van der Waals surface area (Å²) in [6, 6.07) is 0.133. The van der Waals surface area contributed by atoms with Gasteiger partial charge in [0.2, 0.25) is 0 Å². The van der Waals surface area contributed by atoms with Crippen LogP contribution in [0.5, 0.6) is 0 Å². The molecule has 0 aliphatic carbocycles. The highest BCUT2D eigenvalue weighted by Gasteiger charge is 2.26. The summed E-state index contributed by atoms with van der Waals surface area (Å²) in [6.45, 7) is 7.96. The monoisotopic (exact) mass is 214 g/mol. The Morgan fingerprint density at radius 1 is 1.20 bits per heavy atom. The maximum atomic E-state index is 10.9. The minimum Gasteiger partial charge on any atom is -0.481 e. The van der Waals surface area contributed by atoms with Gasteiger partial charge >= 0.3 is 5.97 Å². The van der Waals surface area contributed by atoms with Crippen LogP contribution in [0.3, 0.4) is 0 Å². The van der Waals surface area contributed by atoms with E-state index in [1.165, 1.54) is 0 Å². The summed E-state index contributed by atoms with van der Waals surface area (Å²) in [7, 11) is 2.12. The smallest absolute Gasteiger partial charge is 0.307 e. The van der Waals surface area contributed by atoms with Crippen molar-refractivity contribution in [1.82, 2.24) is 9.80 Å². The van der Waals surface area contributed by atoms with E-state index in [0.717, 1.165) is 32.6 Å². The van der Waals surface area contributed by atoms with Crippen molar-refractivity contribution in [2.24, 2.45) is 5.92 Å². The molecule has 4 nitrogen and oxygen atoms in total. The van der Waals surface area contributed by atoms with E-state index in [4.69, 9.17) is 5.11 Å². The third kappa shape index (κ3) is 3.47. The van der Waals surface area contributed by atoms with Gasteiger partial charge in [0, 0.05) is 19.1 Å². The van der Waals surface area contributed by atoms with E-state index in [1.807, 2.05) is 6.92 Å². The zero-order valence-electron chi connectivity index (χ0n) is 9.94. The van der Waals surface area contributed by atoms with Gasteiger partial charge in [-0.2, -0.15) is 0 Å². The molecule has 0 radical (unpaired) electrons. The largest absolute Gasteiger partial charge is 0.481 e. The second-order valence-electron chi connectivity index (χ2n) is 4.56. The predicted molar refractivity (Wildman–Crippen MR) is 59.9 cm³/mol. The Morgan fingerprint density at radius 2 is 1.87 bits per heavy atom. The molecular formula is C11H22N2O2. The number of hydrogen-bond donors (Lipinski definition) is 1. The molecule has 0 amide bonds. The lowest BCUT2D eigenvalue weighted by atomic mass is 10.0. The molecule has 2 unspecified atom stereocenters. The summed E-state index contributed by atoms with van der Waals surface area (Å²) in [5.41, 5.74) is 0. The lowest BCUT2D eigenvalue weighted by Crippen LogP contribution is -2.42. The molecule has 1 heterocycles. The van der Waals surface area contributed by atoms with Crippen molar-refractivity contribution in [2.75, 3.05) is 33.2 Å². The Labute approximate surface area is 91.9 Å². The van der Waals surface area contributed by atoms with Crippen molar-refractivity contribution in [2.45, 2.75) is 26.3 Å². The number of carbonyl (C=O) groups is 1. The number of nitrogens with zero attached hydrogens (tertiary/aromatic N) is 2. The Kier molecular flexibility index (Phi) is 4.54. The van der Waals surface area contributed by atoms with E-state index in [1.54, 1.807) is 6.92 Å². The maximum Gasteiger partial charge on any atom is 0.307 e. The molecule has 0 aromatic heterocycles. The van der Waals surface area contributed by atoms with E-state index in [-0.39, 0.29) is 12.0 Å². The Balaban J connectivity index is 2.51. The number of carboxylic acid groups (broad SMARTS) is 1. The van der Waals surface area contributed by atoms with Crippen molar-refractivity contribution in [3.8, 4) is 0 Å². The minimum atomic E-state index is -0.694. The van der Waals surface area contributed by atoms with E-state index < -0.39 is 5.97 Å². The van der Waals surface area contributed by atoms with Gasteiger partial charge in [-0.05, 0) is 33.5 Å². The molecular weight excluding hydrogens is 192 g/mol. The first-order valence-electron chi connectivity index (χ1n) is 5.67. The van der Waals surface area contributed by atoms with Crippen LogP contribution in [-0.4, -0.2) is 60.1 Å². The second-order valence-corrected chi connectivity index (χ2v) is 4.56. The first-order chi connectivity index (χ1) is 7.02. The van der Waals surface area contributed by atoms with Gasteiger partial charge in [-0.3, -0.25) is 9.69 Å². The Bertz CT molecular complexity index is 221. The van der Waals surface area contributed by atoms with Crippen LogP contribution in [0.25, 0.3) is 0 Å². The third-order valence-corrected chi connectivity index (χ3v) is 3.44. The third-order valence-electron chi connectivity index (χ3n) is 3.44. The quantitative estimate of drug-likeness (QED) is 0.752. The average Bonchev–Trinajstić information content (AvgIpc) is 2.40. The first-order valence-corrected chi connectivity index (χ1v) is 5.67. The molecule has 15 heavy (non-hydrogen) atoms. The van der Waals surface area contributed by atoms with Crippen molar-refractivity contribution in [3.05, 3.63) is 0 Å². The van der Waals surface area contributed by atoms with Crippen LogP contribution >= 0.6 is 0 Å². The van der Waals surface area contributed by atoms with E-state index in [9.17, 15) is 4.79 Å². The normalized spacial score (nSPS) is 24.5. The van der Waals surface area contributed by atoms with Crippen molar-refractivity contribution in [3.63, 3.8) is 0 Å². The zero-order chi connectivity index (χ0) is 11.4. The summed E-state index contributed by atoms with van der Waals surface area (Å²) < 4.78 is 0. The van der Waals surface area contributed by atoms with Gasteiger partial charge < -0.3 is 10.0 Å². The highest BCUT2D eigenvalue weighted by atomic mass is 16.4. The minimum absolute atomic E-state index is 0.133. The zero-order valence-corrected chi connectivity index (χ0v) is 9.94. The van der Waals surface area contributed by atoms with Crippen LogP contribution in [0.4, 0.5) is 0 Å². The molecule has 4 heteroatoms. The fourth-order valence-electron chi connectivity index (χ4n) is 2.00. The Morgan fingerprint density at radius 3 is 2.47 bits per heavy atom. The second kappa shape index (κ2) is 5.47. The molecule has 88 valence electrons. The molecule has 1 rings (SSSR count). The molecule has 2 atom stereocenters. The number of carboxylic acids is 1. The average molecular weight is 214 g/mol. The van der Waals surface area contributed by atoms with Crippen LogP contribution in [-0.2, 0) is 4.79 Å². The van der Waals surface area contributed by atoms with Gasteiger partial charge in [0.05, 0.1) is 5.92 Å². The van der Waals surface area contributed by atoms with Crippen LogP contribution in [0, 0.1) is 5.92 Å². The topological polar surface area (TPSA) is 43.8 Å². The molecule has 1 aliphatic heterocycles. The molecule has 1 N–H and O–H groups in total. The summed E-state index contributed by atoms with van der Waals surface area (Å²) in [5.74, 6) is -0.978. The van der Waals surface area contributed by atoms with Gasteiger partial charge in [-0.15, -0.1) is 0 Å². The summed E-state index contributed by atoms with van der Waals surface area (Å²) in [6.07, 6.45) is 1.13. The fourth-order valence-corrected chi connectivity index (χ4v) is 2.00. The lowest BCUT2D eigenvalue weighted by Gasteiger charge is -2.30. The molecule has 0 bridgehead atoms. The number of hydrogen-bond acceptors (Lipinski definition) is 3. The molecule has 1 fully saturated rings. The van der Waals surface area contributed by atoms with Gasteiger partial charge in [0.25, 0.3) is 0 Å². The van der Waals surface area contributed by atoms with Crippen molar-refractivity contribution in [1.29, 1.82) is 0 Å². The standard InChI is InChI=1S/C11H22N2O2/c1-9(11(14)15)10(2)13-6-4-5-12(3)7-8-13/h9-10H,4-8H2,1-3H3,(H,14,15). The molecule has 0 aromatic carbocycles. The van der Waals surface area contributed by atoms with Crippen LogP contribution < -0.4 is 0 Å². The SMILES string of the molecule is CC(C(=O)O)C(C)N1CCCN(C)CC1. The van der Waals surface area contributed by atoms with Crippen LogP contribution in [0.15, 0.2) is 0 Å². The highest BCUT2D eigenvalue weighted by Crippen LogP contribution is 2.13. The summed E-state index contributed by atoms with van der Waals surface area (Å²) >= 11 is 0. The number of rotatable bonds is 3. The lowest BCUT2D eigenvalue weighted by molar-refractivity contribution is -0.143. The molecule has 1 saturated heterocycles. The van der Waals surface area contributed by atoms with Gasteiger partial charge in [-0.25, -0.2) is 0 Å². The number of aliphatic carboxylic acids is 1. The molecule has 0 saturated carbocycles. The van der Waals surface area contributed by atoms with Gasteiger partial charge in [0.1, 0.15) is 0 Å². The molecule has 0 spiro atoms. The van der Waals surface area contributed by atoms with Gasteiger partial charge in [-0.1, -0.05) is 6.92 Å². The van der Waals surface area contributed by atoms with E-state index in [2.05, 4.69) is 16.8 Å². The van der Waals surface area contributed by atoms with Crippen LogP contribution in [0.2, 0.25) is 0 Å². The van der Waals surface area contributed by atoms with E-state index >= 15 is 0 Å². The molecule has 1 aliphatic rings. The van der Waals surface area contributed by atoms with E-state index in [0.29, 0.717) is 0 Å². The Hall–Kier alpha value is -0.610.